The largest absolute Gasteiger partial charge is 0.251 e. The average Bonchev–Trinajstić information content (AvgIpc) is 2.47. The van der Waals surface area contributed by atoms with Crippen LogP contribution in [0, 0.1) is 6.92 Å². The van der Waals surface area contributed by atoms with Crippen LogP contribution in [0.1, 0.15) is 43.8 Å². The first-order chi connectivity index (χ1) is 6.27. The van der Waals surface area contributed by atoms with Gasteiger partial charge in [-0.05, 0) is 25.8 Å². The fourth-order valence-corrected chi connectivity index (χ4v) is 2.40. The molecule has 0 amide bonds. The molecule has 0 unspecified atom stereocenters. The Morgan fingerprint density at radius 3 is 2.62 bits per heavy atom. The lowest BCUT2D eigenvalue weighted by Crippen LogP contribution is -2.14. The predicted molar refractivity (Wildman–Crippen MR) is 54.1 cm³/mol. The SMILES string of the molecule is Cc1cc(Cl)n(C2CCCCC2)n1. The van der Waals surface area contributed by atoms with Crippen LogP contribution in [0.15, 0.2) is 6.07 Å². The number of halogens is 1. The highest BCUT2D eigenvalue weighted by molar-refractivity contribution is 6.29. The maximum absolute atomic E-state index is 6.08. The van der Waals surface area contributed by atoms with Crippen molar-refractivity contribution < 1.29 is 0 Å². The van der Waals surface area contributed by atoms with E-state index in [1.54, 1.807) is 0 Å². The van der Waals surface area contributed by atoms with Crippen LogP contribution < -0.4 is 0 Å². The van der Waals surface area contributed by atoms with Crippen LogP contribution in [0.25, 0.3) is 0 Å². The second kappa shape index (κ2) is 3.70. The van der Waals surface area contributed by atoms with Crippen LogP contribution in [0.2, 0.25) is 5.15 Å². The molecule has 2 rings (SSSR count). The summed E-state index contributed by atoms with van der Waals surface area (Å²) in [6.07, 6.45) is 6.48. The van der Waals surface area contributed by atoms with Crippen LogP contribution in [0.3, 0.4) is 0 Å². The first-order valence-corrected chi connectivity index (χ1v) is 5.37. The molecule has 0 spiro atoms. The normalized spacial score (nSPS) is 19.2. The molecule has 0 aromatic carbocycles. The Morgan fingerprint density at radius 2 is 2.08 bits per heavy atom. The summed E-state index contributed by atoms with van der Waals surface area (Å²) in [6.45, 7) is 1.99. The minimum Gasteiger partial charge on any atom is -0.251 e. The molecule has 0 atom stereocenters. The molecule has 72 valence electrons. The monoisotopic (exact) mass is 198 g/mol. The van der Waals surface area contributed by atoms with Gasteiger partial charge >= 0.3 is 0 Å². The fourth-order valence-electron chi connectivity index (χ4n) is 2.07. The molecule has 1 saturated carbocycles. The van der Waals surface area contributed by atoms with E-state index in [1.165, 1.54) is 32.1 Å². The molecule has 0 saturated heterocycles. The molecule has 0 bridgehead atoms. The van der Waals surface area contributed by atoms with Crippen LogP contribution in [-0.4, -0.2) is 9.78 Å². The van der Waals surface area contributed by atoms with E-state index in [4.69, 9.17) is 11.6 Å². The first kappa shape index (κ1) is 9.07. The van der Waals surface area contributed by atoms with Gasteiger partial charge in [-0.2, -0.15) is 5.10 Å². The van der Waals surface area contributed by atoms with Gasteiger partial charge in [-0.15, -0.1) is 0 Å². The molecule has 3 heteroatoms. The molecule has 1 aromatic rings. The Bertz CT molecular complexity index is 287. The highest BCUT2D eigenvalue weighted by atomic mass is 35.5. The van der Waals surface area contributed by atoms with Crippen LogP contribution >= 0.6 is 11.6 Å². The quantitative estimate of drug-likeness (QED) is 0.677. The average molecular weight is 199 g/mol. The van der Waals surface area contributed by atoms with Crippen molar-refractivity contribution in [3.63, 3.8) is 0 Å². The Balaban J connectivity index is 2.18. The van der Waals surface area contributed by atoms with Gasteiger partial charge in [0.05, 0.1) is 11.7 Å². The molecule has 1 aliphatic carbocycles. The molecule has 0 N–H and O–H groups in total. The zero-order valence-electron chi connectivity index (χ0n) is 7.96. The minimum atomic E-state index is 0.551. The summed E-state index contributed by atoms with van der Waals surface area (Å²) in [4.78, 5) is 0. The summed E-state index contributed by atoms with van der Waals surface area (Å²) in [5.41, 5.74) is 1.02. The second-order valence-corrected chi connectivity index (χ2v) is 4.23. The lowest BCUT2D eigenvalue weighted by molar-refractivity contribution is 0.329. The molecule has 1 fully saturated rings. The molecular formula is C10H15ClN2. The van der Waals surface area contributed by atoms with Gasteiger partial charge in [-0.1, -0.05) is 30.9 Å². The number of aromatic nitrogens is 2. The highest BCUT2D eigenvalue weighted by Gasteiger charge is 2.18. The van der Waals surface area contributed by atoms with Crippen molar-refractivity contribution >= 4 is 11.6 Å². The Kier molecular flexibility index (Phi) is 2.58. The number of aryl methyl sites for hydroxylation is 1. The standard InChI is InChI=1S/C10H15ClN2/c1-8-7-10(11)13(12-8)9-5-3-2-4-6-9/h7,9H,2-6H2,1H3. The van der Waals surface area contributed by atoms with Gasteiger partial charge in [0.15, 0.2) is 0 Å². The Hall–Kier alpha value is -0.500. The molecule has 0 radical (unpaired) electrons. The topological polar surface area (TPSA) is 17.8 Å². The summed E-state index contributed by atoms with van der Waals surface area (Å²) >= 11 is 6.08. The number of hydrogen-bond acceptors (Lipinski definition) is 1. The second-order valence-electron chi connectivity index (χ2n) is 3.84. The smallest absolute Gasteiger partial charge is 0.127 e. The zero-order chi connectivity index (χ0) is 9.26. The maximum Gasteiger partial charge on any atom is 0.127 e. The summed E-state index contributed by atoms with van der Waals surface area (Å²) in [5, 5.41) is 5.21. The van der Waals surface area contributed by atoms with Gasteiger partial charge in [0.2, 0.25) is 0 Å². The predicted octanol–water partition coefficient (Wildman–Crippen LogP) is 3.35. The summed E-state index contributed by atoms with van der Waals surface area (Å²) in [5.74, 6) is 0. The summed E-state index contributed by atoms with van der Waals surface area (Å²) in [6, 6.07) is 2.49. The van der Waals surface area contributed by atoms with E-state index < -0.39 is 0 Å². The van der Waals surface area contributed by atoms with Gasteiger partial charge in [0.1, 0.15) is 5.15 Å². The van der Waals surface area contributed by atoms with E-state index in [0.717, 1.165) is 10.8 Å². The van der Waals surface area contributed by atoms with Crippen LogP contribution in [0.5, 0.6) is 0 Å². The highest BCUT2D eigenvalue weighted by Crippen LogP contribution is 2.30. The van der Waals surface area contributed by atoms with Gasteiger partial charge in [-0.3, -0.25) is 4.68 Å². The van der Waals surface area contributed by atoms with Gasteiger partial charge in [0.25, 0.3) is 0 Å². The summed E-state index contributed by atoms with van der Waals surface area (Å²) in [7, 11) is 0. The molecule has 13 heavy (non-hydrogen) atoms. The first-order valence-electron chi connectivity index (χ1n) is 4.99. The molecular weight excluding hydrogens is 184 g/mol. The lowest BCUT2D eigenvalue weighted by atomic mass is 9.96. The van der Waals surface area contributed by atoms with Crippen molar-refractivity contribution in [2.24, 2.45) is 0 Å². The van der Waals surface area contributed by atoms with Crippen molar-refractivity contribution in [2.45, 2.75) is 45.1 Å². The fraction of sp³-hybridized carbons (Fsp3) is 0.700. The molecule has 2 nitrogen and oxygen atoms in total. The van der Waals surface area contributed by atoms with Crippen molar-refractivity contribution in [1.29, 1.82) is 0 Å². The van der Waals surface area contributed by atoms with E-state index in [-0.39, 0.29) is 0 Å². The number of nitrogens with zero attached hydrogens (tertiary/aromatic N) is 2. The van der Waals surface area contributed by atoms with Gasteiger partial charge in [-0.25, -0.2) is 0 Å². The van der Waals surface area contributed by atoms with Gasteiger partial charge in [0, 0.05) is 0 Å². The van der Waals surface area contributed by atoms with E-state index >= 15 is 0 Å². The third-order valence-electron chi connectivity index (χ3n) is 2.73. The van der Waals surface area contributed by atoms with Gasteiger partial charge < -0.3 is 0 Å². The molecule has 1 aromatic heterocycles. The lowest BCUT2D eigenvalue weighted by Gasteiger charge is -2.22. The Labute approximate surface area is 83.9 Å². The molecule has 0 aliphatic heterocycles. The molecule has 1 heterocycles. The third kappa shape index (κ3) is 1.88. The maximum atomic E-state index is 6.08. The minimum absolute atomic E-state index is 0.551. The number of rotatable bonds is 1. The zero-order valence-corrected chi connectivity index (χ0v) is 8.72. The number of hydrogen-bond donors (Lipinski definition) is 0. The van der Waals surface area contributed by atoms with Crippen molar-refractivity contribution in [3.8, 4) is 0 Å². The van der Waals surface area contributed by atoms with Crippen LogP contribution in [0.4, 0.5) is 0 Å². The molecule has 1 aliphatic rings. The Morgan fingerprint density at radius 1 is 1.38 bits per heavy atom. The third-order valence-corrected chi connectivity index (χ3v) is 3.02. The van der Waals surface area contributed by atoms with Crippen molar-refractivity contribution in [3.05, 3.63) is 16.9 Å². The van der Waals surface area contributed by atoms with E-state index in [9.17, 15) is 0 Å². The van der Waals surface area contributed by atoms with E-state index in [1.807, 2.05) is 17.7 Å². The van der Waals surface area contributed by atoms with E-state index in [0.29, 0.717) is 6.04 Å². The van der Waals surface area contributed by atoms with Crippen molar-refractivity contribution in [1.82, 2.24) is 9.78 Å². The summed E-state index contributed by atoms with van der Waals surface area (Å²) < 4.78 is 2.00. The van der Waals surface area contributed by atoms with Crippen molar-refractivity contribution in [2.75, 3.05) is 0 Å². The van der Waals surface area contributed by atoms with Crippen LogP contribution in [-0.2, 0) is 0 Å². The van der Waals surface area contributed by atoms with E-state index in [2.05, 4.69) is 5.10 Å².